The molecule has 0 N–H and O–H groups in total. The van der Waals surface area contributed by atoms with E-state index >= 15 is 0 Å². The molecular weight excluding hydrogens is 478 g/mol. The number of benzene rings is 2. The van der Waals surface area contributed by atoms with Crippen molar-refractivity contribution in [1.82, 2.24) is 14.7 Å². The Morgan fingerprint density at radius 1 is 0.895 bits per heavy atom. The van der Waals surface area contributed by atoms with E-state index in [1.165, 1.54) is 16.3 Å². The van der Waals surface area contributed by atoms with Crippen molar-refractivity contribution in [3.8, 4) is 0 Å². The minimum Gasteiger partial charge on any atom is -0.466 e. The Kier molecular flexibility index (Phi) is 13.1. The number of hydrogen-bond donors (Lipinski definition) is 0. The maximum atomic E-state index is 11.7. The molecule has 2 aromatic carbocycles. The van der Waals surface area contributed by atoms with Crippen molar-refractivity contribution in [2.24, 2.45) is 0 Å². The topological polar surface area (TPSA) is 81.5 Å². The number of rotatable bonds is 12. The number of aromatic nitrogens is 2. The van der Waals surface area contributed by atoms with E-state index in [1.54, 1.807) is 13.0 Å². The first-order valence-electron chi connectivity index (χ1n) is 13.2. The van der Waals surface area contributed by atoms with Crippen LogP contribution in [0.2, 0.25) is 0 Å². The van der Waals surface area contributed by atoms with E-state index in [1.807, 2.05) is 43.3 Å². The first-order chi connectivity index (χ1) is 18.2. The molecule has 1 heterocycles. The molecule has 7 heteroatoms. The van der Waals surface area contributed by atoms with Gasteiger partial charge in [0.15, 0.2) is 0 Å². The van der Waals surface area contributed by atoms with E-state index in [2.05, 4.69) is 43.2 Å². The fourth-order valence-electron chi connectivity index (χ4n) is 3.83. The van der Waals surface area contributed by atoms with Gasteiger partial charge in [0.05, 0.1) is 25.3 Å². The van der Waals surface area contributed by atoms with Gasteiger partial charge < -0.3 is 9.64 Å². The number of unbranched alkanes of at least 4 members (excludes halogenated alkanes) is 1. The lowest BCUT2D eigenvalue weighted by atomic mass is 10.0. The number of carbonyl (C=O) groups is 2. The van der Waals surface area contributed by atoms with Gasteiger partial charge in [-0.05, 0) is 77.0 Å². The van der Waals surface area contributed by atoms with E-state index in [-0.39, 0.29) is 17.9 Å². The summed E-state index contributed by atoms with van der Waals surface area (Å²) in [6.07, 6.45) is 3.64. The molecular formula is C31H41N3O4. The van der Waals surface area contributed by atoms with Crippen molar-refractivity contribution in [3.05, 3.63) is 99.0 Å². The molecule has 0 saturated carbocycles. The fourth-order valence-corrected chi connectivity index (χ4v) is 3.83. The zero-order valence-electron chi connectivity index (χ0n) is 23.4. The molecule has 1 aromatic heterocycles. The normalized spacial score (nSPS) is 10.6. The Morgan fingerprint density at radius 3 is 2.29 bits per heavy atom. The highest BCUT2D eigenvalue weighted by atomic mass is 16.5. The van der Waals surface area contributed by atoms with Gasteiger partial charge in [-0.25, -0.2) is 4.68 Å². The molecule has 0 radical (unpaired) electrons. The molecule has 0 fully saturated rings. The summed E-state index contributed by atoms with van der Waals surface area (Å²) in [5.74, 6) is 0.105. The van der Waals surface area contributed by atoms with Crippen LogP contribution in [0.5, 0.6) is 0 Å². The minimum atomic E-state index is -0.250. The van der Waals surface area contributed by atoms with Crippen molar-refractivity contribution < 1.29 is 14.3 Å². The van der Waals surface area contributed by atoms with Crippen molar-refractivity contribution in [3.63, 3.8) is 0 Å². The number of ether oxygens (including phenoxy) is 1. The molecule has 0 unspecified atom stereocenters. The van der Waals surface area contributed by atoms with Gasteiger partial charge in [-0.3, -0.25) is 14.4 Å². The summed E-state index contributed by atoms with van der Waals surface area (Å²) >= 11 is 0. The summed E-state index contributed by atoms with van der Waals surface area (Å²) in [4.78, 5) is 37.1. The molecule has 204 valence electrons. The summed E-state index contributed by atoms with van der Waals surface area (Å²) < 4.78 is 6.35. The van der Waals surface area contributed by atoms with Gasteiger partial charge >= 0.3 is 5.97 Å². The Hall–Kier alpha value is -3.58. The van der Waals surface area contributed by atoms with Crippen LogP contribution in [-0.4, -0.2) is 53.7 Å². The predicted octanol–water partition coefficient (Wildman–Crippen LogP) is 4.54. The third-order valence-electron chi connectivity index (χ3n) is 5.81. The second-order valence-electron chi connectivity index (χ2n) is 9.73. The standard InChI is InChI=1S/C16H18N2O3.C15H23NO/c1-3-21-16(20)10-13-5-4-6-14(9-13)11-18-15(19)8-7-12(2)17-18;1-13-7-9-14(10-8-13)12-15(17)6-4-5-11-16(2)3/h4-9H,3,10-11H2,1-2H3;7-10H,4-6,11-12H2,1-3H3. The van der Waals surface area contributed by atoms with E-state index in [9.17, 15) is 14.4 Å². The van der Waals surface area contributed by atoms with Gasteiger partial charge in [0, 0.05) is 18.9 Å². The van der Waals surface area contributed by atoms with Crippen LogP contribution < -0.4 is 5.56 Å². The Labute approximate surface area is 226 Å². The maximum Gasteiger partial charge on any atom is 0.310 e. The van der Waals surface area contributed by atoms with Crippen LogP contribution in [0.15, 0.2) is 65.5 Å². The first-order valence-corrected chi connectivity index (χ1v) is 13.2. The van der Waals surface area contributed by atoms with Crippen LogP contribution in [-0.2, 0) is 33.7 Å². The highest BCUT2D eigenvalue weighted by Gasteiger charge is 2.06. The Morgan fingerprint density at radius 2 is 1.61 bits per heavy atom. The monoisotopic (exact) mass is 519 g/mol. The largest absolute Gasteiger partial charge is 0.466 e. The molecule has 0 atom stereocenters. The highest BCUT2D eigenvalue weighted by molar-refractivity contribution is 5.80. The molecule has 3 aromatic rings. The second-order valence-corrected chi connectivity index (χ2v) is 9.73. The van der Waals surface area contributed by atoms with Crippen molar-refractivity contribution in [2.45, 2.75) is 59.4 Å². The molecule has 3 rings (SSSR count). The summed E-state index contributed by atoms with van der Waals surface area (Å²) in [7, 11) is 4.13. The van der Waals surface area contributed by atoms with Gasteiger partial charge in [-0.15, -0.1) is 0 Å². The average molecular weight is 520 g/mol. The molecule has 0 aliphatic heterocycles. The number of aryl methyl sites for hydroxylation is 2. The van der Waals surface area contributed by atoms with E-state index in [4.69, 9.17) is 4.74 Å². The molecule has 0 amide bonds. The van der Waals surface area contributed by atoms with Crippen molar-refractivity contribution in [2.75, 3.05) is 27.2 Å². The maximum absolute atomic E-state index is 11.7. The fraction of sp³-hybridized carbons (Fsp3) is 0.419. The smallest absolute Gasteiger partial charge is 0.310 e. The zero-order valence-corrected chi connectivity index (χ0v) is 23.4. The lowest BCUT2D eigenvalue weighted by Gasteiger charge is -2.08. The third-order valence-corrected chi connectivity index (χ3v) is 5.81. The van der Waals surface area contributed by atoms with E-state index in [0.29, 0.717) is 31.8 Å². The van der Waals surface area contributed by atoms with Crippen LogP contribution in [0.3, 0.4) is 0 Å². The Bertz CT molecular complexity index is 1220. The van der Waals surface area contributed by atoms with E-state index in [0.717, 1.165) is 41.8 Å². The van der Waals surface area contributed by atoms with Crippen LogP contribution in [0.1, 0.15) is 54.1 Å². The lowest BCUT2D eigenvalue weighted by Crippen LogP contribution is -2.23. The molecule has 0 aliphatic rings. The highest BCUT2D eigenvalue weighted by Crippen LogP contribution is 2.09. The Balaban J connectivity index is 0.000000273. The molecule has 7 nitrogen and oxygen atoms in total. The summed E-state index contributed by atoms with van der Waals surface area (Å²) in [6, 6.07) is 19.0. The zero-order chi connectivity index (χ0) is 27.9. The molecule has 38 heavy (non-hydrogen) atoms. The lowest BCUT2D eigenvalue weighted by molar-refractivity contribution is -0.142. The first kappa shape index (κ1) is 30.6. The van der Waals surface area contributed by atoms with Crippen LogP contribution in [0.25, 0.3) is 0 Å². The number of esters is 1. The van der Waals surface area contributed by atoms with E-state index < -0.39 is 0 Å². The molecule has 0 bridgehead atoms. The third kappa shape index (κ3) is 12.1. The van der Waals surface area contributed by atoms with Crippen LogP contribution in [0.4, 0.5) is 0 Å². The van der Waals surface area contributed by atoms with Crippen molar-refractivity contribution >= 4 is 11.8 Å². The molecule has 0 aliphatic carbocycles. The number of ketones is 1. The summed E-state index contributed by atoms with van der Waals surface area (Å²) in [5.41, 5.74) is 4.82. The minimum absolute atomic E-state index is 0.142. The number of nitrogens with zero attached hydrogens (tertiary/aromatic N) is 3. The number of carbonyl (C=O) groups excluding carboxylic acids is 2. The van der Waals surface area contributed by atoms with Crippen LogP contribution in [0, 0.1) is 13.8 Å². The van der Waals surface area contributed by atoms with Crippen LogP contribution >= 0.6 is 0 Å². The van der Waals surface area contributed by atoms with Gasteiger partial charge in [0.2, 0.25) is 0 Å². The van der Waals surface area contributed by atoms with Gasteiger partial charge in [-0.1, -0.05) is 54.1 Å². The quantitative estimate of drug-likeness (QED) is 0.258. The average Bonchev–Trinajstić information content (AvgIpc) is 2.86. The van der Waals surface area contributed by atoms with Crippen molar-refractivity contribution in [1.29, 1.82) is 0 Å². The number of hydrogen-bond acceptors (Lipinski definition) is 6. The summed E-state index contributed by atoms with van der Waals surface area (Å²) in [6.45, 7) is 7.51. The SMILES string of the molecule is CCOC(=O)Cc1cccc(Cn2nc(C)ccc2=O)c1.Cc1ccc(CC(=O)CCCCN(C)C)cc1. The number of Topliss-reactive ketones (excluding diaryl/α,β-unsaturated/α-hetero) is 1. The summed E-state index contributed by atoms with van der Waals surface area (Å²) in [5, 5.41) is 4.20. The van der Waals surface area contributed by atoms with Gasteiger partial charge in [0.25, 0.3) is 5.56 Å². The molecule has 0 spiro atoms. The second kappa shape index (κ2) is 16.3. The molecule has 0 saturated heterocycles. The predicted molar refractivity (Wildman–Crippen MR) is 151 cm³/mol. The van der Waals surface area contributed by atoms with Gasteiger partial charge in [-0.2, -0.15) is 5.10 Å². The van der Waals surface area contributed by atoms with Gasteiger partial charge in [0.1, 0.15) is 5.78 Å².